The minimum atomic E-state index is 0.135. The van der Waals surface area contributed by atoms with E-state index in [1.807, 2.05) is 62.2 Å². The molecule has 3 aromatic rings. The van der Waals surface area contributed by atoms with Crippen molar-refractivity contribution in [2.24, 2.45) is 0 Å². The fourth-order valence-electron chi connectivity index (χ4n) is 4.08. The van der Waals surface area contributed by atoms with Crippen LogP contribution in [0.4, 0.5) is 11.8 Å². The highest BCUT2D eigenvalue weighted by atomic mass is 16.5. The van der Waals surface area contributed by atoms with Crippen molar-refractivity contribution >= 4 is 17.7 Å². The average molecular weight is 447 g/mol. The maximum atomic E-state index is 12.6. The molecule has 8 heteroatoms. The molecule has 2 aromatic heterocycles. The van der Waals surface area contributed by atoms with E-state index >= 15 is 0 Å². The molecule has 0 unspecified atom stereocenters. The number of piperidine rings is 1. The van der Waals surface area contributed by atoms with Crippen LogP contribution in [0, 0.1) is 20.8 Å². The van der Waals surface area contributed by atoms with Crippen molar-refractivity contribution in [3.8, 4) is 5.75 Å². The molecule has 0 radical (unpaired) electrons. The first-order valence-electron chi connectivity index (χ1n) is 11.4. The summed E-state index contributed by atoms with van der Waals surface area (Å²) < 4.78 is 5.78. The number of hydrogen-bond donors (Lipinski definition) is 1. The van der Waals surface area contributed by atoms with Crippen LogP contribution < -0.4 is 10.1 Å². The van der Waals surface area contributed by atoms with Gasteiger partial charge in [-0.2, -0.15) is 0 Å². The Hall–Kier alpha value is -3.55. The zero-order chi connectivity index (χ0) is 23.2. The smallest absolute Gasteiger partial charge is 0.228 e. The number of aromatic nitrogens is 4. The normalized spacial score (nSPS) is 14.2. The highest BCUT2D eigenvalue weighted by Gasteiger charge is 2.25. The molecule has 1 aliphatic heterocycles. The van der Waals surface area contributed by atoms with Crippen LogP contribution in [0.2, 0.25) is 0 Å². The zero-order valence-electron chi connectivity index (χ0n) is 19.4. The van der Waals surface area contributed by atoms with E-state index in [2.05, 4.69) is 20.3 Å². The number of ether oxygens (including phenoxy) is 1. The molecule has 172 valence electrons. The van der Waals surface area contributed by atoms with Crippen LogP contribution in [0.5, 0.6) is 5.75 Å². The minimum absolute atomic E-state index is 0.135. The molecule has 1 N–H and O–H groups in total. The summed E-state index contributed by atoms with van der Waals surface area (Å²) in [5, 5.41) is 3.16. The molecule has 33 heavy (non-hydrogen) atoms. The number of hydrogen-bond acceptors (Lipinski definition) is 7. The summed E-state index contributed by atoms with van der Waals surface area (Å²) in [6, 6.07) is 9.78. The summed E-state index contributed by atoms with van der Waals surface area (Å²) in [5.41, 5.74) is 3.80. The second-order valence-corrected chi connectivity index (χ2v) is 8.45. The van der Waals surface area contributed by atoms with Crippen molar-refractivity contribution in [3.63, 3.8) is 0 Å². The van der Waals surface area contributed by atoms with Gasteiger partial charge in [-0.3, -0.25) is 9.78 Å². The molecule has 1 aromatic carbocycles. The van der Waals surface area contributed by atoms with Crippen molar-refractivity contribution in [1.82, 2.24) is 24.8 Å². The van der Waals surface area contributed by atoms with Gasteiger partial charge < -0.3 is 15.0 Å². The summed E-state index contributed by atoms with van der Waals surface area (Å²) in [6.07, 6.45) is 5.60. The van der Waals surface area contributed by atoms with Gasteiger partial charge in [0, 0.05) is 36.6 Å². The number of benzene rings is 1. The number of anilines is 2. The van der Waals surface area contributed by atoms with Gasteiger partial charge in [-0.1, -0.05) is 18.2 Å². The third-order valence-electron chi connectivity index (χ3n) is 5.81. The standard InChI is InChI=1S/C25H30N6O2/c1-17-6-4-5-7-22(17)33-13-10-24(32)31-11-8-20(9-12-31)21-15-26-16-23(29-21)30-25-27-18(2)14-19(3)28-25/h4-7,14-16,20H,8-13H2,1-3H3,(H,27,28,29,30). The number of carbonyl (C=O) groups excluding carboxylic acids is 1. The maximum Gasteiger partial charge on any atom is 0.228 e. The van der Waals surface area contributed by atoms with E-state index in [9.17, 15) is 4.79 Å². The molecule has 1 saturated heterocycles. The van der Waals surface area contributed by atoms with E-state index in [0.717, 1.165) is 41.2 Å². The first-order chi connectivity index (χ1) is 16.0. The van der Waals surface area contributed by atoms with Crippen LogP contribution in [0.3, 0.4) is 0 Å². The Labute approximate surface area is 194 Å². The Balaban J connectivity index is 1.28. The third-order valence-corrected chi connectivity index (χ3v) is 5.81. The summed E-state index contributed by atoms with van der Waals surface area (Å²) in [7, 11) is 0. The van der Waals surface area contributed by atoms with Crippen molar-refractivity contribution in [1.29, 1.82) is 0 Å². The first-order valence-corrected chi connectivity index (χ1v) is 11.4. The van der Waals surface area contributed by atoms with Crippen LogP contribution in [0.1, 0.15) is 47.8 Å². The average Bonchev–Trinajstić information content (AvgIpc) is 2.80. The quantitative estimate of drug-likeness (QED) is 0.584. The number of aryl methyl sites for hydroxylation is 3. The van der Waals surface area contributed by atoms with Gasteiger partial charge in [0.05, 0.1) is 24.9 Å². The summed E-state index contributed by atoms with van der Waals surface area (Å²) in [6.45, 7) is 7.70. The molecule has 0 aliphatic carbocycles. The number of rotatable bonds is 7. The fourth-order valence-corrected chi connectivity index (χ4v) is 4.08. The van der Waals surface area contributed by atoms with Crippen LogP contribution >= 0.6 is 0 Å². The van der Waals surface area contributed by atoms with Crippen LogP contribution in [0.25, 0.3) is 0 Å². The second-order valence-electron chi connectivity index (χ2n) is 8.45. The Morgan fingerprint density at radius 3 is 2.52 bits per heavy atom. The maximum absolute atomic E-state index is 12.6. The Morgan fingerprint density at radius 1 is 1.06 bits per heavy atom. The number of nitrogens with one attached hydrogen (secondary N) is 1. The van der Waals surface area contributed by atoms with Crippen molar-refractivity contribution < 1.29 is 9.53 Å². The second kappa shape index (κ2) is 10.4. The molecular weight excluding hydrogens is 416 g/mol. The number of para-hydroxylation sites is 1. The Bertz CT molecular complexity index is 1090. The summed E-state index contributed by atoms with van der Waals surface area (Å²) in [4.78, 5) is 32.4. The first kappa shape index (κ1) is 22.6. The predicted molar refractivity (Wildman–Crippen MR) is 127 cm³/mol. The van der Waals surface area contributed by atoms with E-state index in [1.165, 1.54) is 0 Å². The van der Waals surface area contributed by atoms with Gasteiger partial charge >= 0.3 is 0 Å². The molecule has 8 nitrogen and oxygen atoms in total. The van der Waals surface area contributed by atoms with Gasteiger partial charge in [-0.25, -0.2) is 15.0 Å². The van der Waals surface area contributed by atoms with E-state index in [-0.39, 0.29) is 11.8 Å². The van der Waals surface area contributed by atoms with Crippen LogP contribution in [0.15, 0.2) is 42.7 Å². The molecule has 0 spiro atoms. The van der Waals surface area contributed by atoms with E-state index in [4.69, 9.17) is 9.72 Å². The molecular formula is C25H30N6O2. The van der Waals surface area contributed by atoms with Gasteiger partial charge in [0.15, 0.2) is 5.82 Å². The third kappa shape index (κ3) is 6.03. The minimum Gasteiger partial charge on any atom is -0.493 e. The Kier molecular flexibility index (Phi) is 7.12. The van der Waals surface area contributed by atoms with Gasteiger partial charge in [0.1, 0.15) is 5.75 Å². The highest BCUT2D eigenvalue weighted by Crippen LogP contribution is 2.27. The lowest BCUT2D eigenvalue weighted by Gasteiger charge is -2.31. The van der Waals surface area contributed by atoms with E-state index in [1.54, 1.807) is 6.20 Å². The molecule has 0 bridgehead atoms. The molecule has 3 heterocycles. The molecule has 1 amide bonds. The number of amides is 1. The van der Waals surface area contributed by atoms with Crippen molar-refractivity contribution in [3.05, 3.63) is 65.4 Å². The lowest BCUT2D eigenvalue weighted by atomic mass is 9.93. The highest BCUT2D eigenvalue weighted by molar-refractivity contribution is 5.76. The van der Waals surface area contributed by atoms with Crippen LogP contribution in [-0.2, 0) is 4.79 Å². The number of carbonyl (C=O) groups is 1. The molecule has 4 rings (SSSR count). The van der Waals surface area contributed by atoms with Crippen molar-refractivity contribution in [2.45, 2.75) is 46.0 Å². The molecule has 1 aliphatic rings. The molecule has 0 saturated carbocycles. The topological polar surface area (TPSA) is 93.1 Å². The van der Waals surface area contributed by atoms with Crippen molar-refractivity contribution in [2.75, 3.05) is 25.0 Å². The molecule has 0 atom stereocenters. The van der Waals surface area contributed by atoms with Gasteiger partial charge in [-0.05, 0) is 51.3 Å². The Morgan fingerprint density at radius 2 is 1.79 bits per heavy atom. The number of likely N-dealkylation sites (tertiary alicyclic amines) is 1. The van der Waals surface area contributed by atoms with Crippen LogP contribution in [-0.4, -0.2) is 50.4 Å². The molecule has 1 fully saturated rings. The lowest BCUT2D eigenvalue weighted by Crippen LogP contribution is -2.38. The van der Waals surface area contributed by atoms with E-state index < -0.39 is 0 Å². The monoisotopic (exact) mass is 446 g/mol. The largest absolute Gasteiger partial charge is 0.493 e. The lowest BCUT2D eigenvalue weighted by molar-refractivity contribution is -0.132. The predicted octanol–water partition coefficient (Wildman–Crippen LogP) is 4.11. The van der Waals surface area contributed by atoms with Gasteiger partial charge in [0.25, 0.3) is 0 Å². The summed E-state index contributed by atoms with van der Waals surface area (Å²) >= 11 is 0. The van der Waals surface area contributed by atoms with Gasteiger partial charge in [0.2, 0.25) is 11.9 Å². The fraction of sp³-hybridized carbons (Fsp3) is 0.400. The van der Waals surface area contributed by atoms with E-state index in [0.29, 0.717) is 37.9 Å². The SMILES string of the molecule is Cc1cc(C)nc(Nc2cncc(C3CCN(C(=O)CCOc4ccccc4C)CC3)n2)n1. The van der Waals surface area contributed by atoms with Gasteiger partial charge in [-0.15, -0.1) is 0 Å². The number of nitrogens with zero attached hydrogens (tertiary/aromatic N) is 5. The zero-order valence-corrected chi connectivity index (χ0v) is 19.4. The summed E-state index contributed by atoms with van der Waals surface area (Å²) in [5.74, 6) is 2.39.